The number of anilines is 1. The van der Waals surface area contributed by atoms with Crippen LogP contribution in [0.5, 0.6) is 11.5 Å². The molecule has 0 N–H and O–H groups in total. The minimum absolute atomic E-state index is 0.0799. The number of nitro benzene ring substituents is 1. The average Bonchev–Trinajstić information content (AvgIpc) is 3.12. The van der Waals surface area contributed by atoms with Crippen molar-refractivity contribution in [2.24, 2.45) is 0 Å². The number of methoxy groups -OCH3 is 1. The molecule has 1 aliphatic rings. The second kappa shape index (κ2) is 10.0. The smallest absolute Gasteiger partial charge is 0.346 e. The van der Waals surface area contributed by atoms with E-state index in [1.54, 1.807) is 18.2 Å². The third-order valence-corrected chi connectivity index (χ3v) is 6.20. The minimum atomic E-state index is -0.877. The molecule has 8 nitrogen and oxygen atoms in total. The fourth-order valence-corrected chi connectivity index (χ4v) is 4.50. The number of rotatable bonds is 6. The summed E-state index contributed by atoms with van der Waals surface area (Å²) in [6, 6.07) is 15.6. The fraction of sp³-hybridized carbons (Fsp3) is 0.0417. The van der Waals surface area contributed by atoms with Crippen LogP contribution < -0.4 is 14.4 Å². The first-order chi connectivity index (χ1) is 16.8. The first-order valence-corrected chi connectivity index (χ1v) is 11.2. The molecule has 0 spiro atoms. The van der Waals surface area contributed by atoms with E-state index in [9.17, 15) is 24.1 Å². The summed E-state index contributed by atoms with van der Waals surface area (Å²) in [6.45, 7) is 0. The van der Waals surface area contributed by atoms with Crippen LogP contribution in [0.1, 0.15) is 15.9 Å². The molecule has 1 aliphatic heterocycles. The van der Waals surface area contributed by atoms with Crippen LogP contribution >= 0.6 is 24.0 Å². The highest BCUT2D eigenvalue weighted by Gasteiger charge is 2.33. The van der Waals surface area contributed by atoms with Gasteiger partial charge < -0.3 is 9.47 Å². The van der Waals surface area contributed by atoms with Crippen LogP contribution in [0.25, 0.3) is 6.08 Å². The Hall–Kier alpha value is -4.09. The summed E-state index contributed by atoms with van der Waals surface area (Å²) in [5.74, 6) is -1.69. The Morgan fingerprint density at radius 1 is 1.11 bits per heavy atom. The van der Waals surface area contributed by atoms with Gasteiger partial charge in [-0.25, -0.2) is 9.18 Å². The van der Waals surface area contributed by atoms with Crippen molar-refractivity contribution < 1.29 is 28.4 Å². The van der Waals surface area contributed by atoms with Crippen molar-refractivity contribution in [3.05, 3.63) is 98.7 Å². The molecule has 0 aromatic heterocycles. The van der Waals surface area contributed by atoms with Gasteiger partial charge in [0.2, 0.25) is 0 Å². The fourth-order valence-electron chi connectivity index (χ4n) is 3.20. The normalized spacial score (nSPS) is 14.3. The Bertz CT molecular complexity index is 1390. The van der Waals surface area contributed by atoms with Gasteiger partial charge in [-0.05, 0) is 48.0 Å². The Labute approximate surface area is 208 Å². The number of thiocarbonyl (C=S) groups is 1. The van der Waals surface area contributed by atoms with E-state index in [1.165, 1.54) is 60.5 Å². The number of carbonyl (C=O) groups excluding carboxylic acids is 2. The van der Waals surface area contributed by atoms with Gasteiger partial charge in [-0.2, -0.15) is 0 Å². The number of hydrogen-bond acceptors (Lipinski definition) is 8. The van der Waals surface area contributed by atoms with Crippen LogP contribution in [0.2, 0.25) is 0 Å². The monoisotopic (exact) mass is 510 g/mol. The van der Waals surface area contributed by atoms with E-state index in [1.807, 2.05) is 0 Å². The highest BCUT2D eigenvalue weighted by molar-refractivity contribution is 8.27. The standard InChI is InChI=1S/C24H15FN2O6S2/c1-32-20-12-14(6-11-19(20)33-23(29)17-4-2-3-5-18(17)25)13-21-22(28)26(24(34)35-21)15-7-9-16(10-8-15)27(30)31/h2-13H,1H3/b21-13+. The minimum Gasteiger partial charge on any atom is -0.493 e. The van der Waals surface area contributed by atoms with Crippen LogP contribution in [0.3, 0.4) is 0 Å². The SMILES string of the molecule is COc1cc(/C=C2/SC(=S)N(c3ccc([N+](=O)[O-])cc3)C2=O)ccc1OC(=O)c1ccccc1F. The first-order valence-electron chi connectivity index (χ1n) is 9.95. The van der Waals surface area contributed by atoms with E-state index in [-0.39, 0.29) is 33.0 Å². The van der Waals surface area contributed by atoms with Gasteiger partial charge in [0, 0.05) is 12.1 Å². The van der Waals surface area contributed by atoms with Crippen LogP contribution in [0.15, 0.2) is 71.6 Å². The van der Waals surface area contributed by atoms with Gasteiger partial charge >= 0.3 is 5.97 Å². The predicted molar refractivity (Wildman–Crippen MR) is 133 cm³/mol. The molecule has 0 saturated carbocycles. The van der Waals surface area contributed by atoms with E-state index in [0.29, 0.717) is 16.2 Å². The zero-order valence-electron chi connectivity index (χ0n) is 18.0. The number of hydrogen-bond donors (Lipinski definition) is 0. The van der Waals surface area contributed by atoms with Gasteiger partial charge in [-0.1, -0.05) is 42.2 Å². The summed E-state index contributed by atoms with van der Waals surface area (Å²) >= 11 is 6.41. The number of benzene rings is 3. The van der Waals surface area contributed by atoms with Gasteiger partial charge in [0.25, 0.3) is 11.6 Å². The number of amides is 1. The molecule has 0 unspecified atom stereocenters. The molecule has 1 fully saturated rings. The predicted octanol–water partition coefficient (Wildman–Crippen LogP) is 5.37. The van der Waals surface area contributed by atoms with Gasteiger partial charge in [-0.15, -0.1) is 0 Å². The van der Waals surface area contributed by atoms with Crippen LogP contribution in [-0.2, 0) is 4.79 Å². The molecule has 0 atom stereocenters. The Morgan fingerprint density at radius 2 is 1.83 bits per heavy atom. The molecule has 0 aliphatic carbocycles. The molecule has 3 aromatic rings. The highest BCUT2D eigenvalue weighted by Crippen LogP contribution is 2.37. The molecule has 3 aromatic carbocycles. The maximum atomic E-state index is 13.9. The van der Waals surface area contributed by atoms with E-state index in [4.69, 9.17) is 21.7 Å². The van der Waals surface area contributed by atoms with Crippen LogP contribution in [-0.4, -0.2) is 28.2 Å². The largest absolute Gasteiger partial charge is 0.493 e. The molecule has 11 heteroatoms. The maximum absolute atomic E-state index is 13.9. The number of ether oxygens (including phenoxy) is 2. The molecular weight excluding hydrogens is 495 g/mol. The number of nitrogens with zero attached hydrogens (tertiary/aromatic N) is 2. The van der Waals surface area contributed by atoms with E-state index >= 15 is 0 Å². The van der Waals surface area contributed by atoms with Crippen LogP contribution in [0.4, 0.5) is 15.8 Å². The lowest BCUT2D eigenvalue weighted by Crippen LogP contribution is -2.27. The summed E-state index contributed by atoms with van der Waals surface area (Å²) in [7, 11) is 1.38. The van der Waals surface area contributed by atoms with Gasteiger partial charge in [0.1, 0.15) is 5.82 Å². The quantitative estimate of drug-likeness (QED) is 0.109. The van der Waals surface area contributed by atoms with Gasteiger partial charge in [0.05, 0.1) is 28.2 Å². The first kappa shape index (κ1) is 24.0. The summed E-state index contributed by atoms with van der Waals surface area (Å²) in [6.07, 6.45) is 1.59. The number of carbonyl (C=O) groups is 2. The number of halogens is 1. The Balaban J connectivity index is 1.56. The molecule has 1 heterocycles. The van der Waals surface area contributed by atoms with Gasteiger partial charge in [-0.3, -0.25) is 19.8 Å². The van der Waals surface area contributed by atoms with Crippen molar-refractivity contribution in [1.82, 2.24) is 0 Å². The molecule has 35 heavy (non-hydrogen) atoms. The zero-order valence-corrected chi connectivity index (χ0v) is 19.6. The summed E-state index contributed by atoms with van der Waals surface area (Å²) in [5.41, 5.74) is 0.664. The molecule has 4 rings (SSSR count). The van der Waals surface area contributed by atoms with E-state index in [2.05, 4.69) is 0 Å². The summed E-state index contributed by atoms with van der Waals surface area (Å²) in [5, 5.41) is 10.9. The third kappa shape index (κ3) is 5.05. The van der Waals surface area contributed by atoms with Crippen molar-refractivity contribution >= 4 is 57.6 Å². The molecule has 1 amide bonds. The molecular formula is C24H15FN2O6S2. The van der Waals surface area contributed by atoms with E-state index < -0.39 is 16.7 Å². The summed E-state index contributed by atoms with van der Waals surface area (Å²) < 4.78 is 24.7. The van der Waals surface area contributed by atoms with Crippen molar-refractivity contribution in [2.75, 3.05) is 12.0 Å². The number of esters is 1. The number of non-ortho nitro benzene ring substituents is 1. The Kier molecular flexibility index (Phi) is 6.90. The highest BCUT2D eigenvalue weighted by atomic mass is 32.2. The average molecular weight is 511 g/mol. The van der Waals surface area contributed by atoms with Crippen molar-refractivity contribution in [2.45, 2.75) is 0 Å². The lowest BCUT2D eigenvalue weighted by Gasteiger charge is -2.14. The Morgan fingerprint density at radius 3 is 2.49 bits per heavy atom. The lowest BCUT2D eigenvalue weighted by atomic mass is 10.1. The zero-order chi connectivity index (χ0) is 25.1. The summed E-state index contributed by atoms with van der Waals surface area (Å²) in [4.78, 5) is 37.3. The second-order valence-electron chi connectivity index (χ2n) is 7.07. The topological polar surface area (TPSA) is 99.0 Å². The van der Waals surface area contributed by atoms with Gasteiger partial charge in [0.15, 0.2) is 15.8 Å². The van der Waals surface area contributed by atoms with E-state index in [0.717, 1.165) is 17.8 Å². The molecule has 0 radical (unpaired) electrons. The molecule has 0 bridgehead atoms. The molecule has 1 saturated heterocycles. The van der Waals surface area contributed by atoms with Crippen LogP contribution in [0, 0.1) is 15.9 Å². The molecule has 176 valence electrons. The van der Waals surface area contributed by atoms with Crippen molar-refractivity contribution in [3.63, 3.8) is 0 Å². The number of thioether (sulfide) groups is 1. The number of nitro groups is 1. The van der Waals surface area contributed by atoms with Crippen molar-refractivity contribution in [1.29, 1.82) is 0 Å². The van der Waals surface area contributed by atoms with Crippen molar-refractivity contribution in [3.8, 4) is 11.5 Å². The lowest BCUT2D eigenvalue weighted by molar-refractivity contribution is -0.384. The third-order valence-electron chi connectivity index (χ3n) is 4.89. The second-order valence-corrected chi connectivity index (χ2v) is 8.75. The maximum Gasteiger partial charge on any atom is 0.346 e.